The first-order valence-corrected chi connectivity index (χ1v) is 0.812. The van der Waals surface area contributed by atoms with E-state index in [2.05, 4.69) is 0 Å². The minimum atomic E-state index is -0.500. The van der Waals surface area contributed by atoms with Crippen molar-refractivity contribution in [2.45, 2.75) is 0 Å². The molecule has 6 heavy (non-hydrogen) atoms. The molecule has 5 heteroatoms. The largest absolute Gasteiger partial charge is 0.265 e. The summed E-state index contributed by atoms with van der Waals surface area (Å²) in [6.07, 6.45) is 0. The van der Waals surface area contributed by atoms with Crippen LogP contribution in [0.2, 0.25) is 0 Å². The van der Waals surface area contributed by atoms with Crippen molar-refractivity contribution in [1.82, 2.24) is 0 Å². The van der Waals surface area contributed by atoms with Gasteiger partial charge in [0.05, 0.1) is 0 Å². The average molecular weight is 134 g/mol. The Balaban J connectivity index is -0.0000000450. The second-order valence-corrected chi connectivity index (χ2v) is 0.440. The third-order valence-electron chi connectivity index (χ3n) is 0. The van der Waals surface area contributed by atoms with Crippen LogP contribution in [0.1, 0.15) is 0 Å². The van der Waals surface area contributed by atoms with Crippen molar-refractivity contribution < 1.29 is 4.92 Å². The third-order valence-corrected chi connectivity index (χ3v) is 0. The second kappa shape index (κ2) is 8.88. The second-order valence-electron chi connectivity index (χ2n) is 0.440. The molecule has 0 radical (unpaired) electrons. The predicted molar refractivity (Wildman–Crippen MR) is 27.4 cm³/mol. The Hall–Kier alpha value is -0.0200. The summed E-state index contributed by atoms with van der Waals surface area (Å²) in [5.41, 5.74) is 0. The van der Waals surface area contributed by atoms with E-state index in [0.29, 0.717) is 0 Å². The lowest BCUT2D eigenvalue weighted by molar-refractivity contribution is -0.445. The molecule has 0 aromatic carbocycles. The van der Waals surface area contributed by atoms with Gasteiger partial charge in [-0.25, -0.2) is 0 Å². The fourth-order valence-electron chi connectivity index (χ4n) is 0. The number of halogens is 2. The van der Waals surface area contributed by atoms with Crippen LogP contribution >= 0.6 is 24.8 Å². The summed E-state index contributed by atoms with van der Waals surface area (Å²) in [5.74, 6) is 0. The minimum Gasteiger partial charge on any atom is -0.265 e. The van der Waals surface area contributed by atoms with Gasteiger partial charge in [0.15, 0.2) is 7.05 Å². The standard InChI is InChI=1S/CH3NO2.2ClH/c1-2(3)4;;/h1H3;2*1H. The Morgan fingerprint density at radius 1 is 1.50 bits per heavy atom. The molecule has 0 aromatic heterocycles. The SMILES string of the molecule is C[N+](=O)[O-].Cl.Cl. The van der Waals surface area contributed by atoms with Crippen molar-refractivity contribution >= 4 is 24.8 Å². The molecular weight excluding hydrogens is 129 g/mol. The van der Waals surface area contributed by atoms with Gasteiger partial charge in [0.25, 0.3) is 0 Å². The van der Waals surface area contributed by atoms with Crippen LogP contribution in [-0.2, 0) is 0 Å². The molecule has 0 spiro atoms. The molecule has 0 amide bonds. The topological polar surface area (TPSA) is 43.1 Å². The van der Waals surface area contributed by atoms with E-state index < -0.39 is 4.92 Å². The highest BCUT2D eigenvalue weighted by molar-refractivity contribution is 5.85. The molecule has 0 saturated carbocycles. The first-order chi connectivity index (χ1) is 1.73. The van der Waals surface area contributed by atoms with Crippen LogP contribution in [0.15, 0.2) is 0 Å². The molecule has 0 atom stereocenters. The molecule has 0 aliphatic heterocycles. The summed E-state index contributed by atoms with van der Waals surface area (Å²) >= 11 is 0. The van der Waals surface area contributed by atoms with E-state index in [1.54, 1.807) is 0 Å². The number of rotatable bonds is 0. The zero-order valence-corrected chi connectivity index (χ0v) is 4.71. The van der Waals surface area contributed by atoms with Crippen LogP contribution in [-0.4, -0.2) is 12.0 Å². The van der Waals surface area contributed by atoms with Gasteiger partial charge in [-0.15, -0.1) is 24.8 Å². The summed E-state index contributed by atoms with van der Waals surface area (Å²) in [7, 11) is 0.889. The summed E-state index contributed by atoms with van der Waals surface area (Å²) in [5, 5.41) is 8.81. The van der Waals surface area contributed by atoms with E-state index in [1.807, 2.05) is 0 Å². The summed E-state index contributed by atoms with van der Waals surface area (Å²) < 4.78 is 0. The highest BCUT2D eigenvalue weighted by Gasteiger charge is 1.57. The van der Waals surface area contributed by atoms with Gasteiger partial charge in [-0.1, -0.05) is 0 Å². The van der Waals surface area contributed by atoms with E-state index in [-0.39, 0.29) is 24.8 Å². The van der Waals surface area contributed by atoms with E-state index in [0.717, 1.165) is 7.05 Å². The first-order valence-electron chi connectivity index (χ1n) is 0.812. The Morgan fingerprint density at radius 2 is 1.50 bits per heavy atom. The van der Waals surface area contributed by atoms with Crippen molar-refractivity contribution in [2.75, 3.05) is 7.05 Å². The van der Waals surface area contributed by atoms with Crippen LogP contribution in [0.3, 0.4) is 0 Å². The summed E-state index contributed by atoms with van der Waals surface area (Å²) in [4.78, 5) is 8.31. The maximum absolute atomic E-state index is 8.81. The van der Waals surface area contributed by atoms with E-state index in [4.69, 9.17) is 10.1 Å². The van der Waals surface area contributed by atoms with E-state index in [9.17, 15) is 0 Å². The van der Waals surface area contributed by atoms with Gasteiger partial charge in [0.1, 0.15) is 0 Å². The van der Waals surface area contributed by atoms with Gasteiger partial charge in [-0.05, 0) is 0 Å². The summed E-state index contributed by atoms with van der Waals surface area (Å²) in [6, 6.07) is 0. The minimum absolute atomic E-state index is 0. The van der Waals surface area contributed by atoms with Gasteiger partial charge in [0.2, 0.25) is 0 Å². The lowest BCUT2D eigenvalue weighted by atomic mass is 11.5. The monoisotopic (exact) mass is 133 g/mol. The third kappa shape index (κ3) is 88400. The van der Waals surface area contributed by atoms with Crippen molar-refractivity contribution in [3.63, 3.8) is 0 Å². The molecule has 0 unspecified atom stereocenters. The smallest absolute Gasteiger partial charge is 0.194 e. The number of nitrogens with zero attached hydrogens (tertiary/aromatic N) is 1. The van der Waals surface area contributed by atoms with Crippen LogP contribution < -0.4 is 0 Å². The molecule has 0 rings (SSSR count). The van der Waals surface area contributed by atoms with Crippen molar-refractivity contribution in [2.24, 2.45) is 0 Å². The van der Waals surface area contributed by atoms with Gasteiger partial charge in [-0.3, -0.25) is 10.1 Å². The Labute approximate surface area is 47.7 Å². The Kier molecular flexibility index (Phi) is 24.7. The van der Waals surface area contributed by atoms with E-state index in [1.165, 1.54) is 0 Å². The molecule has 0 aliphatic rings. The van der Waals surface area contributed by atoms with Crippen LogP contribution in [0, 0.1) is 10.1 Å². The Morgan fingerprint density at radius 3 is 1.50 bits per heavy atom. The number of hydrogen-bond donors (Lipinski definition) is 0. The number of nitro groups is 1. The van der Waals surface area contributed by atoms with E-state index >= 15 is 0 Å². The Bertz CT molecular complexity index is 34.5. The van der Waals surface area contributed by atoms with Gasteiger partial charge >= 0.3 is 0 Å². The molecule has 40 valence electrons. The summed E-state index contributed by atoms with van der Waals surface area (Å²) in [6.45, 7) is 0. The normalized spacial score (nSPS) is 4.17. The average Bonchev–Trinajstić information content (AvgIpc) is 0.811. The van der Waals surface area contributed by atoms with Crippen LogP contribution in [0.4, 0.5) is 0 Å². The molecule has 0 aromatic rings. The maximum Gasteiger partial charge on any atom is 0.194 e. The molecule has 0 saturated heterocycles. The van der Waals surface area contributed by atoms with Gasteiger partial charge < -0.3 is 0 Å². The zero-order chi connectivity index (χ0) is 3.58. The fourth-order valence-corrected chi connectivity index (χ4v) is 0. The van der Waals surface area contributed by atoms with Gasteiger partial charge in [0, 0.05) is 4.92 Å². The fraction of sp³-hybridized carbons (Fsp3) is 1.00. The quantitative estimate of drug-likeness (QED) is 0.362. The van der Waals surface area contributed by atoms with Crippen molar-refractivity contribution in [3.8, 4) is 0 Å². The first kappa shape index (κ1) is 16.7. The van der Waals surface area contributed by atoms with Crippen molar-refractivity contribution in [3.05, 3.63) is 10.1 Å². The maximum atomic E-state index is 8.81. The van der Waals surface area contributed by atoms with Gasteiger partial charge in [-0.2, -0.15) is 0 Å². The highest BCUT2D eigenvalue weighted by Crippen LogP contribution is 1.39. The predicted octanol–water partition coefficient (Wildman–Crippen LogP) is 0.736. The molecule has 0 fully saturated rings. The molecular formula is CH5Cl2NO2. The highest BCUT2D eigenvalue weighted by atomic mass is 35.5. The molecule has 0 heterocycles. The van der Waals surface area contributed by atoms with Crippen molar-refractivity contribution in [1.29, 1.82) is 0 Å². The van der Waals surface area contributed by atoms with Crippen LogP contribution in [0.5, 0.6) is 0 Å². The molecule has 0 bridgehead atoms. The molecule has 0 aliphatic carbocycles. The lowest BCUT2D eigenvalue weighted by Gasteiger charge is -1.63. The molecule has 3 nitrogen and oxygen atoms in total. The zero-order valence-electron chi connectivity index (χ0n) is 3.08. The lowest BCUT2D eigenvalue weighted by Crippen LogP contribution is -1.79. The van der Waals surface area contributed by atoms with Crippen LogP contribution in [0.25, 0.3) is 0 Å². The number of hydrogen-bond acceptors (Lipinski definition) is 2. The molecule has 0 N–H and O–H groups in total.